The molecule has 1 unspecified atom stereocenters. The van der Waals surface area contributed by atoms with E-state index in [-0.39, 0.29) is 11.9 Å². The van der Waals surface area contributed by atoms with Gasteiger partial charge in [0.05, 0.1) is 0 Å². The lowest BCUT2D eigenvalue weighted by atomic mass is 10.1. The molecule has 1 aliphatic rings. The monoisotopic (exact) mass is 250 g/mol. The van der Waals surface area contributed by atoms with Gasteiger partial charge in [0.15, 0.2) is 0 Å². The molecule has 18 heavy (non-hydrogen) atoms. The summed E-state index contributed by atoms with van der Waals surface area (Å²) in [5.74, 6) is 0.440. The molecule has 3 heteroatoms. The minimum atomic E-state index is -0.204. The first kappa shape index (κ1) is 13.5. The van der Waals surface area contributed by atoms with Crippen LogP contribution in [0.2, 0.25) is 0 Å². The van der Waals surface area contributed by atoms with Crippen molar-refractivity contribution in [2.45, 2.75) is 38.8 Å². The van der Waals surface area contributed by atoms with Gasteiger partial charge in [0.2, 0.25) is 0 Å². The minimum absolute atomic E-state index is 0.0972. The van der Waals surface area contributed by atoms with Crippen LogP contribution in [-0.4, -0.2) is 24.0 Å². The van der Waals surface area contributed by atoms with Crippen LogP contribution in [0.25, 0.3) is 0 Å². The average Bonchev–Trinajstić information content (AvgIpc) is 3.11. The molecule has 0 spiro atoms. The quantitative estimate of drug-likeness (QED) is 0.841. The van der Waals surface area contributed by atoms with Crippen molar-refractivity contribution < 1.29 is 4.39 Å². The summed E-state index contributed by atoms with van der Waals surface area (Å²) in [6.45, 7) is 6.35. The molecule has 0 radical (unpaired) electrons. The highest BCUT2D eigenvalue weighted by Crippen LogP contribution is 2.29. The highest BCUT2D eigenvalue weighted by atomic mass is 19.1. The maximum atomic E-state index is 13.2. The molecule has 1 aromatic rings. The molecule has 0 aliphatic heterocycles. The topological polar surface area (TPSA) is 29.3 Å². The van der Waals surface area contributed by atoms with Gasteiger partial charge < -0.3 is 5.73 Å². The first-order valence-corrected chi connectivity index (χ1v) is 6.81. The normalized spacial score (nSPS) is 17.4. The molecule has 1 aromatic carbocycles. The van der Waals surface area contributed by atoms with E-state index in [1.165, 1.54) is 18.9 Å². The molecule has 1 saturated carbocycles. The average molecular weight is 250 g/mol. The molecule has 100 valence electrons. The van der Waals surface area contributed by atoms with Crippen LogP contribution < -0.4 is 5.73 Å². The third kappa shape index (κ3) is 3.79. The Hall–Kier alpha value is -0.930. The predicted octanol–water partition coefficient (Wildman–Crippen LogP) is 2.95. The Labute approximate surface area is 109 Å². The fourth-order valence-electron chi connectivity index (χ4n) is 2.38. The van der Waals surface area contributed by atoms with Crippen molar-refractivity contribution in [2.24, 2.45) is 11.7 Å². The zero-order chi connectivity index (χ0) is 13.1. The van der Waals surface area contributed by atoms with Crippen molar-refractivity contribution in [3.8, 4) is 0 Å². The smallest absolute Gasteiger partial charge is 0.123 e. The van der Waals surface area contributed by atoms with Gasteiger partial charge in [-0.15, -0.1) is 0 Å². The van der Waals surface area contributed by atoms with Crippen molar-refractivity contribution in [3.63, 3.8) is 0 Å². The van der Waals surface area contributed by atoms with Gasteiger partial charge in [0.1, 0.15) is 5.82 Å². The predicted molar refractivity (Wildman–Crippen MR) is 72.8 cm³/mol. The number of nitrogens with two attached hydrogens (primary N) is 1. The Morgan fingerprint density at radius 3 is 2.61 bits per heavy atom. The third-order valence-corrected chi connectivity index (χ3v) is 3.37. The molecule has 0 amide bonds. The molecule has 1 aliphatic carbocycles. The van der Waals surface area contributed by atoms with E-state index >= 15 is 0 Å². The SMILES string of the molecule is CC(C)CN(CC(N)c1cccc(F)c1)C1CC1. The van der Waals surface area contributed by atoms with Crippen molar-refractivity contribution in [2.75, 3.05) is 13.1 Å². The molecular formula is C15H23FN2. The standard InChI is InChI=1S/C15H23FN2/c1-11(2)9-18(14-6-7-14)10-15(17)12-4-3-5-13(16)8-12/h3-5,8,11,14-15H,6-7,9-10,17H2,1-2H3. The van der Waals surface area contributed by atoms with Gasteiger partial charge in [-0.3, -0.25) is 4.90 Å². The first-order chi connectivity index (χ1) is 8.56. The molecule has 0 aromatic heterocycles. The molecule has 2 rings (SSSR count). The number of halogens is 1. The zero-order valence-electron chi connectivity index (χ0n) is 11.3. The molecule has 1 fully saturated rings. The largest absolute Gasteiger partial charge is 0.323 e. The van der Waals surface area contributed by atoms with Crippen LogP contribution in [0.1, 0.15) is 38.3 Å². The molecule has 0 bridgehead atoms. The van der Waals surface area contributed by atoms with Crippen molar-refractivity contribution >= 4 is 0 Å². The second-order valence-electron chi connectivity index (χ2n) is 5.74. The van der Waals surface area contributed by atoms with E-state index in [0.29, 0.717) is 12.0 Å². The lowest BCUT2D eigenvalue weighted by Gasteiger charge is -2.27. The van der Waals surface area contributed by atoms with Gasteiger partial charge in [0.25, 0.3) is 0 Å². The summed E-state index contributed by atoms with van der Waals surface area (Å²) in [5.41, 5.74) is 7.09. The van der Waals surface area contributed by atoms with Crippen LogP contribution in [-0.2, 0) is 0 Å². The number of hydrogen-bond acceptors (Lipinski definition) is 2. The summed E-state index contributed by atoms with van der Waals surface area (Å²) in [7, 11) is 0. The molecule has 0 heterocycles. The summed E-state index contributed by atoms with van der Waals surface area (Å²) in [6, 6.07) is 7.25. The van der Waals surface area contributed by atoms with E-state index in [1.807, 2.05) is 6.07 Å². The van der Waals surface area contributed by atoms with Gasteiger partial charge in [-0.05, 0) is 36.5 Å². The van der Waals surface area contributed by atoms with E-state index in [2.05, 4.69) is 18.7 Å². The van der Waals surface area contributed by atoms with Crippen LogP contribution in [0.4, 0.5) is 4.39 Å². The molecular weight excluding hydrogens is 227 g/mol. The van der Waals surface area contributed by atoms with E-state index in [0.717, 1.165) is 18.7 Å². The highest BCUT2D eigenvalue weighted by molar-refractivity contribution is 5.20. The Morgan fingerprint density at radius 2 is 2.06 bits per heavy atom. The van der Waals surface area contributed by atoms with Crippen LogP contribution in [0.5, 0.6) is 0 Å². The molecule has 2 nitrogen and oxygen atoms in total. The van der Waals surface area contributed by atoms with Gasteiger partial charge in [0, 0.05) is 25.2 Å². The number of benzene rings is 1. The van der Waals surface area contributed by atoms with E-state index in [4.69, 9.17) is 5.73 Å². The van der Waals surface area contributed by atoms with Gasteiger partial charge in [-0.2, -0.15) is 0 Å². The van der Waals surface area contributed by atoms with Crippen molar-refractivity contribution in [1.29, 1.82) is 0 Å². The van der Waals surface area contributed by atoms with E-state index in [9.17, 15) is 4.39 Å². The number of hydrogen-bond donors (Lipinski definition) is 1. The summed E-state index contributed by atoms with van der Waals surface area (Å²) in [6.07, 6.45) is 2.56. The van der Waals surface area contributed by atoms with Crippen molar-refractivity contribution in [1.82, 2.24) is 4.90 Å². The fourth-order valence-corrected chi connectivity index (χ4v) is 2.38. The Bertz CT molecular complexity index is 388. The highest BCUT2D eigenvalue weighted by Gasteiger charge is 2.30. The summed E-state index contributed by atoms with van der Waals surface area (Å²) < 4.78 is 13.2. The van der Waals surface area contributed by atoms with Gasteiger partial charge in [-0.1, -0.05) is 26.0 Å². The van der Waals surface area contributed by atoms with Gasteiger partial charge in [-0.25, -0.2) is 4.39 Å². The van der Waals surface area contributed by atoms with Crippen LogP contribution in [0, 0.1) is 11.7 Å². The lowest BCUT2D eigenvalue weighted by Crippen LogP contribution is -2.36. The van der Waals surface area contributed by atoms with Crippen LogP contribution in [0.15, 0.2) is 24.3 Å². The number of rotatable bonds is 6. The Kier molecular flexibility index (Phi) is 4.36. The Morgan fingerprint density at radius 1 is 1.33 bits per heavy atom. The third-order valence-electron chi connectivity index (χ3n) is 3.37. The number of nitrogens with zero attached hydrogens (tertiary/aromatic N) is 1. The van der Waals surface area contributed by atoms with E-state index < -0.39 is 0 Å². The molecule has 1 atom stereocenters. The second-order valence-corrected chi connectivity index (χ2v) is 5.74. The van der Waals surface area contributed by atoms with Gasteiger partial charge >= 0.3 is 0 Å². The zero-order valence-corrected chi connectivity index (χ0v) is 11.3. The maximum absolute atomic E-state index is 13.2. The van der Waals surface area contributed by atoms with Crippen LogP contribution >= 0.6 is 0 Å². The minimum Gasteiger partial charge on any atom is -0.323 e. The van der Waals surface area contributed by atoms with Crippen LogP contribution in [0.3, 0.4) is 0 Å². The molecule has 0 saturated heterocycles. The maximum Gasteiger partial charge on any atom is 0.123 e. The summed E-state index contributed by atoms with van der Waals surface area (Å²) in [5, 5.41) is 0. The van der Waals surface area contributed by atoms with Crippen molar-refractivity contribution in [3.05, 3.63) is 35.6 Å². The Balaban J connectivity index is 1.97. The first-order valence-electron chi connectivity index (χ1n) is 6.81. The van der Waals surface area contributed by atoms with E-state index in [1.54, 1.807) is 12.1 Å². The summed E-state index contributed by atoms with van der Waals surface area (Å²) >= 11 is 0. The fraction of sp³-hybridized carbons (Fsp3) is 0.600. The summed E-state index contributed by atoms with van der Waals surface area (Å²) in [4.78, 5) is 2.46. The molecule has 2 N–H and O–H groups in total. The second kappa shape index (κ2) is 5.81. The lowest BCUT2D eigenvalue weighted by molar-refractivity contribution is 0.221.